The molecule has 6 nitrogen and oxygen atoms in total. The van der Waals surface area contributed by atoms with Crippen LogP contribution in [0.5, 0.6) is 0 Å². The highest BCUT2D eigenvalue weighted by atomic mass is 32.1. The highest BCUT2D eigenvalue weighted by Crippen LogP contribution is 2.10. The summed E-state index contributed by atoms with van der Waals surface area (Å²) in [6, 6.07) is 5.62. The summed E-state index contributed by atoms with van der Waals surface area (Å²) in [6.45, 7) is 2.35. The van der Waals surface area contributed by atoms with Crippen molar-refractivity contribution in [1.29, 1.82) is 0 Å². The Bertz CT molecular complexity index is 633. The van der Waals surface area contributed by atoms with E-state index in [4.69, 9.17) is 0 Å². The van der Waals surface area contributed by atoms with Crippen LogP contribution in [0.1, 0.15) is 21.1 Å². The summed E-state index contributed by atoms with van der Waals surface area (Å²) in [5.74, 6) is -0.424. The number of hydrogen-bond donors (Lipinski definition) is 1. The van der Waals surface area contributed by atoms with E-state index >= 15 is 0 Å². The van der Waals surface area contributed by atoms with Crippen LogP contribution in [-0.2, 0) is 18.4 Å². The first-order valence-electron chi connectivity index (χ1n) is 6.52. The predicted molar refractivity (Wildman–Crippen MR) is 81.1 cm³/mol. The lowest BCUT2D eigenvalue weighted by Crippen LogP contribution is -2.38. The number of aromatic nitrogens is 2. The summed E-state index contributed by atoms with van der Waals surface area (Å²) in [7, 11) is 3.43. The summed E-state index contributed by atoms with van der Waals surface area (Å²) < 4.78 is 1.50. The average Bonchev–Trinajstić information content (AvgIpc) is 3.05. The van der Waals surface area contributed by atoms with Crippen LogP contribution in [0.3, 0.4) is 0 Å². The van der Waals surface area contributed by atoms with Gasteiger partial charge in [-0.05, 0) is 24.4 Å². The molecule has 0 aliphatic heterocycles. The molecule has 0 bridgehead atoms. The first-order chi connectivity index (χ1) is 9.97. The monoisotopic (exact) mass is 306 g/mol. The maximum Gasteiger partial charge on any atom is 0.269 e. The lowest BCUT2D eigenvalue weighted by molar-refractivity contribution is -0.129. The van der Waals surface area contributed by atoms with Crippen LogP contribution >= 0.6 is 11.3 Å². The van der Waals surface area contributed by atoms with Crippen molar-refractivity contribution in [3.63, 3.8) is 0 Å². The maximum atomic E-state index is 12.0. The van der Waals surface area contributed by atoms with Gasteiger partial charge in [0.05, 0.1) is 18.8 Å². The van der Waals surface area contributed by atoms with Crippen molar-refractivity contribution in [2.45, 2.75) is 13.5 Å². The molecule has 2 aromatic rings. The van der Waals surface area contributed by atoms with E-state index in [9.17, 15) is 9.59 Å². The van der Waals surface area contributed by atoms with Crippen LogP contribution in [0, 0.1) is 6.92 Å². The fourth-order valence-corrected chi connectivity index (χ4v) is 2.69. The van der Waals surface area contributed by atoms with E-state index < -0.39 is 0 Å². The van der Waals surface area contributed by atoms with Crippen LogP contribution in [0.2, 0.25) is 0 Å². The summed E-state index contributed by atoms with van der Waals surface area (Å²) in [5.41, 5.74) is 1.21. The molecule has 0 unspecified atom stereocenters. The van der Waals surface area contributed by atoms with E-state index in [0.29, 0.717) is 12.2 Å². The van der Waals surface area contributed by atoms with Crippen molar-refractivity contribution in [3.8, 4) is 0 Å². The molecule has 2 amide bonds. The molecule has 0 aliphatic carbocycles. The molecule has 2 heterocycles. The standard InChI is InChI=1S/C14H18N4O2S/c1-10-7-12(18(3)16-10)14(20)15-8-13(19)17(2)9-11-5-4-6-21-11/h4-7H,8-9H2,1-3H3,(H,15,20). The third-order valence-corrected chi connectivity index (χ3v) is 3.89. The van der Waals surface area contributed by atoms with Crippen LogP contribution in [-0.4, -0.2) is 40.1 Å². The van der Waals surface area contributed by atoms with E-state index in [1.807, 2.05) is 24.4 Å². The molecule has 21 heavy (non-hydrogen) atoms. The predicted octanol–water partition coefficient (Wildman–Crippen LogP) is 1.18. The van der Waals surface area contributed by atoms with Gasteiger partial charge in [-0.3, -0.25) is 14.3 Å². The van der Waals surface area contributed by atoms with Gasteiger partial charge in [0, 0.05) is 19.0 Å². The highest BCUT2D eigenvalue weighted by molar-refractivity contribution is 7.09. The Morgan fingerprint density at radius 2 is 2.24 bits per heavy atom. The Kier molecular flexibility index (Phi) is 4.74. The average molecular weight is 306 g/mol. The lowest BCUT2D eigenvalue weighted by Gasteiger charge is -2.16. The third kappa shape index (κ3) is 3.91. The zero-order valence-electron chi connectivity index (χ0n) is 12.3. The van der Waals surface area contributed by atoms with Crippen molar-refractivity contribution in [1.82, 2.24) is 20.0 Å². The van der Waals surface area contributed by atoms with Gasteiger partial charge in [0.1, 0.15) is 5.69 Å². The van der Waals surface area contributed by atoms with Gasteiger partial charge in [-0.1, -0.05) is 6.07 Å². The van der Waals surface area contributed by atoms with Crippen molar-refractivity contribution in [2.75, 3.05) is 13.6 Å². The lowest BCUT2D eigenvalue weighted by atomic mass is 10.3. The van der Waals surface area contributed by atoms with Gasteiger partial charge in [0.25, 0.3) is 5.91 Å². The molecule has 112 valence electrons. The van der Waals surface area contributed by atoms with E-state index in [1.54, 1.807) is 36.4 Å². The van der Waals surface area contributed by atoms with Crippen molar-refractivity contribution in [2.24, 2.45) is 7.05 Å². The number of amides is 2. The molecule has 0 atom stereocenters. The van der Waals surface area contributed by atoms with Crippen molar-refractivity contribution >= 4 is 23.2 Å². The van der Waals surface area contributed by atoms with Crippen molar-refractivity contribution < 1.29 is 9.59 Å². The van der Waals surface area contributed by atoms with Gasteiger partial charge >= 0.3 is 0 Å². The molecule has 0 fully saturated rings. The highest BCUT2D eigenvalue weighted by Gasteiger charge is 2.15. The van der Waals surface area contributed by atoms with E-state index in [-0.39, 0.29) is 18.4 Å². The molecule has 0 spiro atoms. The minimum absolute atomic E-state index is 0.0229. The molecule has 0 aromatic carbocycles. The van der Waals surface area contributed by atoms with Gasteiger partial charge in [0.2, 0.25) is 5.91 Å². The molecule has 0 radical (unpaired) electrons. The number of carbonyl (C=O) groups is 2. The summed E-state index contributed by atoms with van der Waals surface area (Å²) >= 11 is 1.60. The Hall–Kier alpha value is -2.15. The largest absolute Gasteiger partial charge is 0.342 e. The van der Waals surface area contributed by atoms with Crippen LogP contribution < -0.4 is 5.32 Å². The first-order valence-corrected chi connectivity index (χ1v) is 7.40. The van der Waals surface area contributed by atoms with Gasteiger partial charge in [-0.25, -0.2) is 0 Å². The van der Waals surface area contributed by atoms with Crippen LogP contribution in [0.25, 0.3) is 0 Å². The van der Waals surface area contributed by atoms with E-state index in [2.05, 4.69) is 10.4 Å². The van der Waals surface area contributed by atoms with E-state index in [1.165, 1.54) is 4.68 Å². The number of aryl methyl sites for hydroxylation is 2. The maximum absolute atomic E-state index is 12.0. The molecule has 2 aromatic heterocycles. The third-order valence-electron chi connectivity index (χ3n) is 3.03. The van der Waals surface area contributed by atoms with Crippen LogP contribution in [0.4, 0.5) is 0 Å². The number of hydrogen-bond acceptors (Lipinski definition) is 4. The van der Waals surface area contributed by atoms with Gasteiger partial charge < -0.3 is 10.2 Å². The molecule has 1 N–H and O–H groups in total. The van der Waals surface area contributed by atoms with Gasteiger partial charge in [0.15, 0.2) is 0 Å². The minimum Gasteiger partial charge on any atom is -0.342 e. The molecule has 0 saturated carbocycles. The molecular formula is C14H18N4O2S. The first kappa shape index (κ1) is 15.2. The van der Waals surface area contributed by atoms with Crippen LogP contribution in [0.15, 0.2) is 23.6 Å². The number of nitrogens with one attached hydrogen (secondary N) is 1. The molecule has 0 aliphatic rings. The number of thiophene rings is 1. The topological polar surface area (TPSA) is 67.2 Å². The fraction of sp³-hybridized carbons (Fsp3) is 0.357. The molecule has 2 rings (SSSR count). The second-order valence-electron chi connectivity index (χ2n) is 4.81. The second kappa shape index (κ2) is 6.53. The SMILES string of the molecule is Cc1cc(C(=O)NCC(=O)N(C)Cc2cccs2)n(C)n1. The Labute approximate surface area is 127 Å². The Morgan fingerprint density at radius 1 is 1.48 bits per heavy atom. The quantitative estimate of drug-likeness (QED) is 0.902. The zero-order valence-corrected chi connectivity index (χ0v) is 13.1. The number of rotatable bonds is 5. The zero-order chi connectivity index (χ0) is 15.4. The molecular weight excluding hydrogens is 288 g/mol. The van der Waals surface area contributed by atoms with E-state index in [0.717, 1.165) is 10.6 Å². The summed E-state index contributed by atoms with van der Waals surface area (Å²) in [4.78, 5) is 26.7. The molecule has 7 heteroatoms. The summed E-state index contributed by atoms with van der Waals surface area (Å²) in [5, 5.41) is 8.70. The normalized spacial score (nSPS) is 10.4. The number of nitrogens with zero attached hydrogens (tertiary/aromatic N) is 3. The minimum atomic E-state index is -0.295. The second-order valence-corrected chi connectivity index (χ2v) is 5.84. The Balaban J connectivity index is 1.86. The van der Waals surface area contributed by atoms with Gasteiger partial charge in [-0.2, -0.15) is 5.10 Å². The number of likely N-dealkylation sites (N-methyl/N-ethyl adjacent to an activating group) is 1. The smallest absolute Gasteiger partial charge is 0.269 e. The molecule has 0 saturated heterocycles. The fourth-order valence-electron chi connectivity index (χ4n) is 1.93. The van der Waals surface area contributed by atoms with Crippen molar-refractivity contribution in [3.05, 3.63) is 39.8 Å². The number of carbonyl (C=O) groups excluding carboxylic acids is 2. The summed E-state index contributed by atoms with van der Waals surface area (Å²) in [6.07, 6.45) is 0. The Morgan fingerprint density at radius 3 is 2.81 bits per heavy atom. The van der Waals surface area contributed by atoms with Gasteiger partial charge in [-0.15, -0.1) is 11.3 Å².